The number of hydrogen-bond donors (Lipinski definition) is 2. The van der Waals surface area contributed by atoms with E-state index in [-0.39, 0.29) is 5.91 Å². The number of nitrogens with one attached hydrogen (secondary N) is 1. The highest BCUT2D eigenvalue weighted by molar-refractivity contribution is 9.10. The van der Waals surface area contributed by atoms with E-state index in [2.05, 4.69) is 21.2 Å². The third-order valence-corrected chi connectivity index (χ3v) is 2.54. The second-order valence-electron chi connectivity index (χ2n) is 3.61. The Hall–Kier alpha value is -1.36. The van der Waals surface area contributed by atoms with Crippen LogP contribution in [0.15, 0.2) is 22.7 Å². The summed E-state index contributed by atoms with van der Waals surface area (Å²) < 4.78 is 0.823. The van der Waals surface area contributed by atoms with Crippen molar-refractivity contribution in [3.63, 3.8) is 0 Å². The maximum atomic E-state index is 11.7. The van der Waals surface area contributed by atoms with E-state index in [1.807, 2.05) is 13.0 Å². The van der Waals surface area contributed by atoms with Crippen molar-refractivity contribution < 1.29 is 9.59 Å². The van der Waals surface area contributed by atoms with Crippen molar-refractivity contribution >= 4 is 27.7 Å². The van der Waals surface area contributed by atoms with E-state index in [0.29, 0.717) is 5.56 Å². The Bertz CT molecular complexity index is 412. The molecule has 0 saturated heterocycles. The summed E-state index contributed by atoms with van der Waals surface area (Å²) in [6, 6.07) is 4.66. The van der Waals surface area contributed by atoms with Crippen LogP contribution in [-0.4, -0.2) is 17.9 Å². The lowest BCUT2D eigenvalue weighted by atomic mass is 10.1. The van der Waals surface area contributed by atoms with Gasteiger partial charge in [-0.25, -0.2) is 0 Å². The molecule has 16 heavy (non-hydrogen) atoms. The molecular formula is C11H13BrN2O2. The van der Waals surface area contributed by atoms with Crippen LogP contribution in [0.4, 0.5) is 0 Å². The molecule has 1 atom stereocenters. The minimum absolute atomic E-state index is 0.310. The standard InChI is InChI=1S/C11H13BrN2O2/c1-6-3-8(5-9(12)4-6)11(16)14-7(2)10(13)15/h3-5,7H,1-2H3,(H2,13,15)(H,14,16). The first-order valence-electron chi connectivity index (χ1n) is 4.77. The Kier molecular flexibility index (Phi) is 4.06. The van der Waals surface area contributed by atoms with Crippen molar-refractivity contribution in [3.8, 4) is 0 Å². The van der Waals surface area contributed by atoms with Crippen LogP contribution in [-0.2, 0) is 4.79 Å². The lowest BCUT2D eigenvalue weighted by molar-refractivity contribution is -0.119. The van der Waals surface area contributed by atoms with Gasteiger partial charge in [-0.3, -0.25) is 9.59 Å². The van der Waals surface area contributed by atoms with E-state index in [1.165, 1.54) is 0 Å². The van der Waals surface area contributed by atoms with Crippen LogP contribution in [0.25, 0.3) is 0 Å². The van der Waals surface area contributed by atoms with Crippen LogP contribution < -0.4 is 11.1 Å². The molecule has 1 unspecified atom stereocenters. The minimum atomic E-state index is -0.674. The van der Waals surface area contributed by atoms with E-state index < -0.39 is 11.9 Å². The van der Waals surface area contributed by atoms with Crippen molar-refractivity contribution in [2.45, 2.75) is 19.9 Å². The maximum Gasteiger partial charge on any atom is 0.251 e. The predicted molar refractivity (Wildman–Crippen MR) is 65.0 cm³/mol. The van der Waals surface area contributed by atoms with Gasteiger partial charge in [0.15, 0.2) is 0 Å². The van der Waals surface area contributed by atoms with Crippen molar-refractivity contribution in [2.75, 3.05) is 0 Å². The Morgan fingerprint density at radius 2 is 2.00 bits per heavy atom. The highest BCUT2D eigenvalue weighted by Crippen LogP contribution is 2.15. The van der Waals surface area contributed by atoms with Gasteiger partial charge in [0, 0.05) is 10.0 Å². The summed E-state index contributed by atoms with van der Waals surface area (Å²) in [6.45, 7) is 3.43. The van der Waals surface area contributed by atoms with Gasteiger partial charge in [0.2, 0.25) is 5.91 Å². The van der Waals surface area contributed by atoms with Crippen molar-refractivity contribution in [1.29, 1.82) is 0 Å². The second kappa shape index (κ2) is 5.12. The van der Waals surface area contributed by atoms with Crippen LogP contribution >= 0.6 is 15.9 Å². The van der Waals surface area contributed by atoms with Crippen LogP contribution in [0, 0.1) is 6.92 Å². The number of halogens is 1. The Morgan fingerprint density at radius 3 is 2.50 bits per heavy atom. The number of benzene rings is 1. The number of nitrogens with two attached hydrogens (primary N) is 1. The molecule has 0 aliphatic rings. The molecular weight excluding hydrogens is 272 g/mol. The average Bonchev–Trinajstić information content (AvgIpc) is 2.15. The van der Waals surface area contributed by atoms with Gasteiger partial charge >= 0.3 is 0 Å². The van der Waals surface area contributed by atoms with Gasteiger partial charge in [-0.1, -0.05) is 15.9 Å². The normalized spacial score (nSPS) is 11.9. The first kappa shape index (κ1) is 12.7. The molecule has 1 aromatic rings. The Labute approximate surface area is 102 Å². The molecule has 4 nitrogen and oxygen atoms in total. The molecule has 1 aromatic carbocycles. The van der Waals surface area contributed by atoms with Crippen LogP contribution in [0.1, 0.15) is 22.8 Å². The summed E-state index contributed by atoms with van der Waals surface area (Å²) in [5.41, 5.74) is 6.52. The van der Waals surface area contributed by atoms with Gasteiger partial charge in [-0.2, -0.15) is 0 Å². The molecule has 2 amide bonds. The molecule has 1 rings (SSSR count). The first-order chi connectivity index (χ1) is 7.40. The van der Waals surface area contributed by atoms with Gasteiger partial charge in [0.25, 0.3) is 5.91 Å². The Balaban J connectivity index is 2.84. The van der Waals surface area contributed by atoms with Crippen LogP contribution in [0.5, 0.6) is 0 Å². The summed E-state index contributed by atoms with van der Waals surface area (Å²) in [5.74, 6) is -0.865. The third-order valence-electron chi connectivity index (χ3n) is 2.08. The van der Waals surface area contributed by atoms with Gasteiger partial charge in [0.1, 0.15) is 6.04 Å². The molecule has 0 spiro atoms. The molecule has 0 fully saturated rings. The first-order valence-corrected chi connectivity index (χ1v) is 5.57. The van der Waals surface area contributed by atoms with Gasteiger partial charge in [0.05, 0.1) is 0 Å². The predicted octanol–water partition coefficient (Wildman–Crippen LogP) is 1.36. The molecule has 0 aliphatic carbocycles. The van der Waals surface area contributed by atoms with Crippen molar-refractivity contribution in [1.82, 2.24) is 5.32 Å². The minimum Gasteiger partial charge on any atom is -0.368 e. The molecule has 86 valence electrons. The second-order valence-corrected chi connectivity index (χ2v) is 4.53. The van der Waals surface area contributed by atoms with E-state index in [4.69, 9.17) is 5.73 Å². The van der Waals surface area contributed by atoms with E-state index in [9.17, 15) is 9.59 Å². The molecule has 0 heterocycles. The smallest absolute Gasteiger partial charge is 0.251 e. The fraction of sp³-hybridized carbons (Fsp3) is 0.273. The number of aryl methyl sites for hydroxylation is 1. The average molecular weight is 285 g/mol. The number of carbonyl (C=O) groups excluding carboxylic acids is 2. The Morgan fingerprint density at radius 1 is 1.38 bits per heavy atom. The fourth-order valence-electron chi connectivity index (χ4n) is 1.22. The van der Waals surface area contributed by atoms with Gasteiger partial charge in [-0.15, -0.1) is 0 Å². The monoisotopic (exact) mass is 284 g/mol. The lowest BCUT2D eigenvalue weighted by Crippen LogP contribution is -2.42. The van der Waals surface area contributed by atoms with Crippen LogP contribution in [0.3, 0.4) is 0 Å². The number of hydrogen-bond acceptors (Lipinski definition) is 2. The fourth-order valence-corrected chi connectivity index (χ4v) is 1.83. The number of rotatable bonds is 3. The van der Waals surface area contributed by atoms with Gasteiger partial charge < -0.3 is 11.1 Å². The highest BCUT2D eigenvalue weighted by Gasteiger charge is 2.14. The summed E-state index contributed by atoms with van der Waals surface area (Å²) in [5, 5.41) is 2.52. The zero-order valence-electron chi connectivity index (χ0n) is 9.08. The van der Waals surface area contributed by atoms with E-state index >= 15 is 0 Å². The summed E-state index contributed by atoms with van der Waals surface area (Å²) in [4.78, 5) is 22.5. The van der Waals surface area contributed by atoms with E-state index in [0.717, 1.165) is 10.0 Å². The number of amides is 2. The largest absolute Gasteiger partial charge is 0.368 e. The van der Waals surface area contributed by atoms with Crippen molar-refractivity contribution in [2.24, 2.45) is 5.73 Å². The van der Waals surface area contributed by atoms with Crippen LogP contribution in [0.2, 0.25) is 0 Å². The topological polar surface area (TPSA) is 72.2 Å². The zero-order chi connectivity index (χ0) is 12.3. The van der Waals surface area contributed by atoms with E-state index in [1.54, 1.807) is 19.1 Å². The summed E-state index contributed by atoms with van der Waals surface area (Å²) in [6.07, 6.45) is 0. The quantitative estimate of drug-likeness (QED) is 0.880. The summed E-state index contributed by atoms with van der Waals surface area (Å²) in [7, 11) is 0. The maximum absolute atomic E-state index is 11.7. The molecule has 0 bridgehead atoms. The summed E-state index contributed by atoms with van der Waals surface area (Å²) >= 11 is 3.30. The molecule has 5 heteroatoms. The molecule has 0 saturated carbocycles. The zero-order valence-corrected chi connectivity index (χ0v) is 10.7. The molecule has 0 aliphatic heterocycles. The number of carbonyl (C=O) groups is 2. The SMILES string of the molecule is Cc1cc(Br)cc(C(=O)NC(C)C(N)=O)c1. The van der Waals surface area contributed by atoms with Gasteiger partial charge in [-0.05, 0) is 37.6 Å². The lowest BCUT2D eigenvalue weighted by Gasteiger charge is -2.10. The highest BCUT2D eigenvalue weighted by atomic mass is 79.9. The van der Waals surface area contributed by atoms with Crippen molar-refractivity contribution in [3.05, 3.63) is 33.8 Å². The molecule has 0 aromatic heterocycles. The molecule has 0 radical (unpaired) electrons. The third kappa shape index (κ3) is 3.34. The molecule has 3 N–H and O–H groups in total. The number of primary amides is 1.